The highest BCUT2D eigenvalue weighted by molar-refractivity contribution is 7.13. The topological polar surface area (TPSA) is 42.4 Å². The lowest BCUT2D eigenvalue weighted by Gasteiger charge is -2.34. The average Bonchev–Trinajstić information content (AvgIpc) is 3.17. The molecule has 0 amide bonds. The van der Waals surface area contributed by atoms with Crippen LogP contribution in [0.2, 0.25) is 0 Å². The molecule has 1 aromatic rings. The molecule has 21 heavy (non-hydrogen) atoms. The Morgan fingerprint density at radius 3 is 2.86 bits per heavy atom. The summed E-state index contributed by atoms with van der Waals surface area (Å²) in [7, 11) is 2.05. The molecule has 0 radical (unpaired) electrons. The standard InChI is InChI=1S/C16H22N2O2S/c1-10(15(19)12-5-6-12)4-7-14-11(2)17-16(21-14)18(3)13-8-20-9-13/h7,10,12-13H,2,4-6,8-9H2,1,3H3. The van der Waals surface area contributed by atoms with E-state index in [9.17, 15) is 4.79 Å². The number of rotatable bonds is 6. The Hall–Kier alpha value is -1.20. The van der Waals surface area contributed by atoms with E-state index in [0.717, 1.165) is 47.5 Å². The molecular formula is C16H22N2O2S. The van der Waals surface area contributed by atoms with Gasteiger partial charge in [0, 0.05) is 18.9 Å². The van der Waals surface area contributed by atoms with Crippen LogP contribution in [0.5, 0.6) is 0 Å². The lowest BCUT2D eigenvalue weighted by Crippen LogP contribution is -2.47. The molecule has 1 saturated heterocycles. The lowest BCUT2D eigenvalue weighted by molar-refractivity contribution is -0.123. The molecule has 114 valence electrons. The van der Waals surface area contributed by atoms with Crippen LogP contribution < -0.4 is 14.8 Å². The summed E-state index contributed by atoms with van der Waals surface area (Å²) in [6.07, 6.45) is 5.08. The third-order valence-corrected chi connectivity index (χ3v) is 5.49. The van der Waals surface area contributed by atoms with Gasteiger partial charge < -0.3 is 9.64 Å². The third kappa shape index (κ3) is 3.19. The van der Waals surface area contributed by atoms with Crippen LogP contribution in [0.15, 0.2) is 0 Å². The van der Waals surface area contributed by atoms with E-state index in [1.165, 1.54) is 0 Å². The molecule has 1 saturated carbocycles. The van der Waals surface area contributed by atoms with Crippen molar-refractivity contribution < 1.29 is 9.53 Å². The largest absolute Gasteiger partial charge is 0.377 e. The van der Waals surface area contributed by atoms with Gasteiger partial charge in [0.1, 0.15) is 5.78 Å². The normalized spacial score (nSPS) is 21.1. The zero-order valence-electron chi connectivity index (χ0n) is 12.7. The SMILES string of the molecule is C=c1nc(N(C)C2COC2)sc1=CCC(C)C(=O)C1CC1. The molecule has 4 nitrogen and oxygen atoms in total. The molecule has 0 spiro atoms. The number of carbonyl (C=O) groups excluding carboxylic acids is 1. The van der Waals surface area contributed by atoms with Crippen LogP contribution in [0, 0.1) is 11.8 Å². The number of anilines is 1. The highest BCUT2D eigenvalue weighted by Gasteiger charge is 2.32. The Bertz CT molecular complexity index is 631. The van der Waals surface area contributed by atoms with Crippen molar-refractivity contribution in [1.82, 2.24) is 4.98 Å². The van der Waals surface area contributed by atoms with Crippen LogP contribution in [0.3, 0.4) is 0 Å². The van der Waals surface area contributed by atoms with Gasteiger partial charge in [-0.2, -0.15) is 0 Å². The maximum absolute atomic E-state index is 12.0. The van der Waals surface area contributed by atoms with Crippen LogP contribution in [0.1, 0.15) is 26.2 Å². The van der Waals surface area contributed by atoms with E-state index in [0.29, 0.717) is 17.7 Å². The highest BCUT2D eigenvalue weighted by Crippen LogP contribution is 2.33. The number of Topliss-reactive ketones (excluding diaryl/α,β-unsaturated/α-hetero) is 1. The second kappa shape index (κ2) is 5.89. The van der Waals surface area contributed by atoms with Gasteiger partial charge in [-0.05, 0) is 19.3 Å². The number of ketones is 1. The predicted octanol–water partition coefficient (Wildman–Crippen LogP) is 1.17. The number of thiazole rings is 1. The molecule has 0 aromatic carbocycles. The van der Waals surface area contributed by atoms with Gasteiger partial charge in [0.05, 0.1) is 29.1 Å². The van der Waals surface area contributed by atoms with Gasteiger partial charge in [0.15, 0.2) is 5.13 Å². The minimum absolute atomic E-state index is 0.111. The fraction of sp³-hybridized carbons (Fsp3) is 0.625. The van der Waals surface area contributed by atoms with E-state index in [4.69, 9.17) is 4.74 Å². The first kappa shape index (κ1) is 14.7. The number of hydrogen-bond acceptors (Lipinski definition) is 5. The van der Waals surface area contributed by atoms with Gasteiger partial charge in [-0.1, -0.05) is 30.9 Å². The Labute approximate surface area is 129 Å². The monoisotopic (exact) mass is 306 g/mol. The van der Waals surface area contributed by atoms with Crippen molar-refractivity contribution in [2.45, 2.75) is 32.2 Å². The molecule has 1 unspecified atom stereocenters. The molecule has 2 fully saturated rings. The summed E-state index contributed by atoms with van der Waals surface area (Å²) in [5.74, 6) is 0.875. The smallest absolute Gasteiger partial charge is 0.186 e. The van der Waals surface area contributed by atoms with E-state index < -0.39 is 0 Å². The van der Waals surface area contributed by atoms with Crippen LogP contribution in [-0.4, -0.2) is 37.1 Å². The van der Waals surface area contributed by atoms with Crippen molar-refractivity contribution in [3.8, 4) is 0 Å². The van der Waals surface area contributed by atoms with E-state index in [2.05, 4.69) is 29.6 Å². The third-order valence-electron chi connectivity index (χ3n) is 4.31. The number of nitrogens with zero attached hydrogens (tertiary/aromatic N) is 2. The fourth-order valence-electron chi connectivity index (χ4n) is 2.43. The number of ether oxygens (including phenoxy) is 1. The quantitative estimate of drug-likeness (QED) is 0.791. The number of aromatic nitrogens is 1. The van der Waals surface area contributed by atoms with Crippen molar-refractivity contribution >= 4 is 34.9 Å². The van der Waals surface area contributed by atoms with Crippen LogP contribution in [-0.2, 0) is 9.53 Å². The summed E-state index contributed by atoms with van der Waals surface area (Å²) in [5, 5.41) is 1.80. The van der Waals surface area contributed by atoms with Gasteiger partial charge in [-0.25, -0.2) is 4.98 Å². The Morgan fingerprint density at radius 2 is 2.29 bits per heavy atom. The minimum Gasteiger partial charge on any atom is -0.377 e. The Kier molecular flexibility index (Phi) is 4.13. The minimum atomic E-state index is 0.111. The lowest BCUT2D eigenvalue weighted by atomic mass is 9.99. The van der Waals surface area contributed by atoms with Gasteiger partial charge in [0.25, 0.3) is 0 Å². The first-order chi connectivity index (χ1) is 10.1. The van der Waals surface area contributed by atoms with Crippen molar-refractivity contribution in [3.05, 3.63) is 9.88 Å². The number of carbonyl (C=O) groups is 1. The van der Waals surface area contributed by atoms with Crippen molar-refractivity contribution in [2.75, 3.05) is 25.2 Å². The molecule has 5 heteroatoms. The summed E-state index contributed by atoms with van der Waals surface area (Å²) in [4.78, 5) is 18.7. The van der Waals surface area contributed by atoms with Crippen LogP contribution >= 0.6 is 11.3 Å². The molecule has 1 aliphatic carbocycles. The van der Waals surface area contributed by atoms with Crippen LogP contribution in [0.25, 0.3) is 12.7 Å². The molecule has 1 aromatic heterocycles. The molecule has 3 rings (SSSR count). The predicted molar refractivity (Wildman–Crippen MR) is 85.9 cm³/mol. The summed E-state index contributed by atoms with van der Waals surface area (Å²) in [5.41, 5.74) is 0. The highest BCUT2D eigenvalue weighted by atomic mass is 32.1. The van der Waals surface area contributed by atoms with Crippen LogP contribution in [0.4, 0.5) is 5.13 Å². The maximum Gasteiger partial charge on any atom is 0.186 e. The molecule has 0 bridgehead atoms. The van der Waals surface area contributed by atoms with E-state index in [1.807, 2.05) is 6.92 Å². The molecule has 2 heterocycles. The number of likely N-dealkylation sites (N-methyl/N-ethyl adjacent to an activating group) is 1. The molecule has 1 atom stereocenters. The fourth-order valence-corrected chi connectivity index (χ4v) is 3.42. The molecule has 2 aliphatic rings. The van der Waals surface area contributed by atoms with Crippen molar-refractivity contribution in [3.63, 3.8) is 0 Å². The maximum atomic E-state index is 12.0. The number of hydrogen-bond donors (Lipinski definition) is 0. The first-order valence-electron chi connectivity index (χ1n) is 7.56. The zero-order chi connectivity index (χ0) is 15.0. The van der Waals surface area contributed by atoms with Gasteiger partial charge in [0.2, 0.25) is 0 Å². The first-order valence-corrected chi connectivity index (χ1v) is 8.38. The van der Waals surface area contributed by atoms with Crippen molar-refractivity contribution in [2.24, 2.45) is 11.8 Å². The zero-order valence-corrected chi connectivity index (χ0v) is 13.5. The van der Waals surface area contributed by atoms with E-state index in [-0.39, 0.29) is 5.92 Å². The second-order valence-electron chi connectivity index (χ2n) is 6.13. The molecule has 1 aliphatic heterocycles. The van der Waals surface area contributed by atoms with E-state index in [1.54, 1.807) is 11.3 Å². The summed E-state index contributed by atoms with van der Waals surface area (Å²) in [6, 6.07) is 0.429. The van der Waals surface area contributed by atoms with Crippen molar-refractivity contribution in [1.29, 1.82) is 0 Å². The van der Waals surface area contributed by atoms with Gasteiger partial charge in [-0.3, -0.25) is 4.79 Å². The van der Waals surface area contributed by atoms with Gasteiger partial charge in [-0.15, -0.1) is 0 Å². The second-order valence-corrected chi connectivity index (χ2v) is 7.14. The summed E-state index contributed by atoms with van der Waals surface area (Å²) < 4.78 is 6.31. The van der Waals surface area contributed by atoms with Gasteiger partial charge >= 0.3 is 0 Å². The summed E-state index contributed by atoms with van der Waals surface area (Å²) >= 11 is 1.65. The average molecular weight is 306 g/mol. The Morgan fingerprint density at radius 1 is 1.57 bits per heavy atom. The molecular weight excluding hydrogens is 284 g/mol. The summed E-state index contributed by atoms with van der Waals surface area (Å²) in [6.45, 7) is 7.59. The molecule has 0 N–H and O–H groups in total. The van der Waals surface area contributed by atoms with E-state index >= 15 is 0 Å². The Balaban J connectivity index is 1.69.